The number of anilines is 1. The molecule has 0 saturated carbocycles. The molecule has 2 fully saturated rings. The summed E-state index contributed by atoms with van der Waals surface area (Å²) in [6.45, 7) is 3.80. The van der Waals surface area contributed by atoms with Crippen molar-refractivity contribution < 1.29 is 9.53 Å². The molecule has 0 aromatic carbocycles. The first-order valence-corrected chi connectivity index (χ1v) is 8.35. The van der Waals surface area contributed by atoms with Gasteiger partial charge >= 0.3 is 0 Å². The van der Waals surface area contributed by atoms with Crippen LogP contribution in [-0.2, 0) is 16.1 Å². The van der Waals surface area contributed by atoms with Crippen LogP contribution in [-0.4, -0.2) is 54.9 Å². The fourth-order valence-electron chi connectivity index (χ4n) is 2.38. The number of halogens is 2. The zero-order chi connectivity index (χ0) is 14.5. The molecular weight excluding hydrogens is 359 g/mol. The second-order valence-electron chi connectivity index (χ2n) is 5.11. The van der Waals surface area contributed by atoms with E-state index in [1.807, 2.05) is 18.3 Å². The zero-order valence-electron chi connectivity index (χ0n) is 12.7. The van der Waals surface area contributed by atoms with Crippen molar-refractivity contribution in [2.75, 3.05) is 42.8 Å². The van der Waals surface area contributed by atoms with Crippen molar-refractivity contribution in [2.24, 2.45) is 0 Å². The topological polar surface area (TPSA) is 66.5 Å². The first kappa shape index (κ1) is 20.3. The average molecular weight is 381 g/mol. The first-order valence-electron chi connectivity index (χ1n) is 7.19. The number of ether oxygens (including phenoxy) is 1. The lowest BCUT2D eigenvalue weighted by molar-refractivity contribution is -0.122. The summed E-state index contributed by atoms with van der Waals surface area (Å²) in [5, 5.41) is 6.11. The minimum absolute atomic E-state index is 0. The molecule has 2 aliphatic rings. The van der Waals surface area contributed by atoms with Gasteiger partial charge in [0, 0.05) is 37.5 Å². The number of carbonyl (C=O) groups is 1. The predicted octanol–water partition coefficient (Wildman–Crippen LogP) is 1.04. The number of rotatable bonds is 4. The number of thioether (sulfide) groups is 1. The van der Waals surface area contributed by atoms with Crippen LogP contribution in [0.15, 0.2) is 18.3 Å². The number of amides is 1. The summed E-state index contributed by atoms with van der Waals surface area (Å²) < 4.78 is 5.33. The third-order valence-electron chi connectivity index (χ3n) is 3.64. The van der Waals surface area contributed by atoms with Crippen LogP contribution in [0.4, 0.5) is 5.82 Å². The predicted molar refractivity (Wildman–Crippen MR) is 97.9 cm³/mol. The maximum Gasteiger partial charge on any atom is 0.238 e. The van der Waals surface area contributed by atoms with Crippen LogP contribution in [0.2, 0.25) is 0 Å². The summed E-state index contributed by atoms with van der Waals surface area (Å²) >= 11 is 1.75. The van der Waals surface area contributed by atoms with E-state index in [0.29, 0.717) is 6.54 Å². The van der Waals surface area contributed by atoms with Crippen molar-refractivity contribution >= 4 is 48.3 Å². The van der Waals surface area contributed by atoms with E-state index in [-0.39, 0.29) is 36.8 Å². The van der Waals surface area contributed by atoms with Crippen LogP contribution in [0.5, 0.6) is 0 Å². The number of morpholine rings is 1. The number of pyridine rings is 1. The summed E-state index contributed by atoms with van der Waals surface area (Å²) in [5.74, 6) is 2.74. The Balaban J connectivity index is 0.00000132. The molecule has 6 nitrogen and oxygen atoms in total. The minimum Gasteiger partial charge on any atom is -0.378 e. The highest BCUT2D eigenvalue weighted by atomic mass is 35.5. The van der Waals surface area contributed by atoms with Crippen LogP contribution in [0, 0.1) is 0 Å². The van der Waals surface area contributed by atoms with Gasteiger partial charge in [-0.05, 0) is 11.6 Å². The molecule has 0 spiro atoms. The van der Waals surface area contributed by atoms with E-state index in [4.69, 9.17) is 4.74 Å². The lowest BCUT2D eigenvalue weighted by Gasteiger charge is -2.27. The van der Waals surface area contributed by atoms with Gasteiger partial charge in [-0.2, -0.15) is 0 Å². The molecule has 3 rings (SSSR count). The normalized spacial score (nSPS) is 20.3. The van der Waals surface area contributed by atoms with Gasteiger partial charge in [-0.15, -0.1) is 36.6 Å². The molecule has 0 radical (unpaired) electrons. The van der Waals surface area contributed by atoms with Crippen molar-refractivity contribution in [2.45, 2.75) is 12.6 Å². The Kier molecular flexibility index (Phi) is 9.01. The molecular formula is C14H22Cl2N4O2S. The minimum atomic E-state index is -0.0596. The summed E-state index contributed by atoms with van der Waals surface area (Å²) in [7, 11) is 0. The largest absolute Gasteiger partial charge is 0.378 e. The zero-order valence-corrected chi connectivity index (χ0v) is 15.1. The van der Waals surface area contributed by atoms with Gasteiger partial charge in [-0.1, -0.05) is 6.07 Å². The van der Waals surface area contributed by atoms with E-state index >= 15 is 0 Å². The summed E-state index contributed by atoms with van der Waals surface area (Å²) in [6, 6.07) is 3.97. The van der Waals surface area contributed by atoms with Gasteiger partial charge in [0.05, 0.1) is 19.3 Å². The monoisotopic (exact) mass is 380 g/mol. The van der Waals surface area contributed by atoms with Crippen molar-refractivity contribution in [3.63, 3.8) is 0 Å². The van der Waals surface area contributed by atoms with Crippen LogP contribution < -0.4 is 15.5 Å². The molecule has 1 atom stereocenters. The number of hydrogen-bond acceptors (Lipinski definition) is 6. The Morgan fingerprint density at radius 1 is 1.39 bits per heavy atom. The maximum absolute atomic E-state index is 11.9. The van der Waals surface area contributed by atoms with Gasteiger partial charge in [-0.3, -0.25) is 10.1 Å². The van der Waals surface area contributed by atoms with Crippen molar-refractivity contribution in [3.05, 3.63) is 23.9 Å². The third kappa shape index (κ3) is 5.69. The molecule has 2 N–H and O–H groups in total. The van der Waals surface area contributed by atoms with E-state index in [1.54, 1.807) is 11.8 Å². The molecule has 2 saturated heterocycles. The Hall–Kier alpha value is -0.730. The van der Waals surface area contributed by atoms with Crippen LogP contribution in [0.3, 0.4) is 0 Å². The van der Waals surface area contributed by atoms with Gasteiger partial charge < -0.3 is 15.0 Å². The highest BCUT2D eigenvalue weighted by molar-refractivity contribution is 7.99. The molecule has 9 heteroatoms. The fraction of sp³-hybridized carbons (Fsp3) is 0.571. The fourth-order valence-corrected chi connectivity index (χ4v) is 3.32. The Morgan fingerprint density at radius 3 is 2.78 bits per heavy atom. The lowest BCUT2D eigenvalue weighted by Crippen LogP contribution is -2.41. The van der Waals surface area contributed by atoms with Crippen LogP contribution in [0.1, 0.15) is 5.56 Å². The van der Waals surface area contributed by atoms with Gasteiger partial charge in [-0.25, -0.2) is 4.98 Å². The Bertz CT molecular complexity index is 480. The smallest absolute Gasteiger partial charge is 0.238 e. The van der Waals surface area contributed by atoms with Gasteiger partial charge in [0.2, 0.25) is 5.91 Å². The van der Waals surface area contributed by atoms with Crippen molar-refractivity contribution in [1.82, 2.24) is 15.6 Å². The average Bonchev–Trinajstić information content (AvgIpc) is 3.08. The van der Waals surface area contributed by atoms with E-state index in [0.717, 1.165) is 49.3 Å². The Labute approximate surface area is 152 Å². The number of nitrogens with one attached hydrogen (secondary N) is 2. The van der Waals surface area contributed by atoms with Crippen molar-refractivity contribution in [1.29, 1.82) is 0 Å². The second kappa shape index (κ2) is 10.2. The molecule has 1 amide bonds. The number of nitrogens with zero attached hydrogens (tertiary/aromatic N) is 2. The summed E-state index contributed by atoms with van der Waals surface area (Å²) in [5.41, 5.74) is 1.02. The van der Waals surface area contributed by atoms with E-state index in [9.17, 15) is 4.79 Å². The first-order chi connectivity index (χ1) is 10.3. The number of carbonyl (C=O) groups excluding carboxylic acids is 1. The molecule has 130 valence electrons. The third-order valence-corrected chi connectivity index (χ3v) is 4.58. The summed E-state index contributed by atoms with van der Waals surface area (Å²) in [4.78, 5) is 18.6. The molecule has 1 aromatic rings. The molecule has 3 heterocycles. The molecule has 1 unspecified atom stereocenters. The van der Waals surface area contributed by atoms with Crippen LogP contribution >= 0.6 is 36.6 Å². The van der Waals surface area contributed by atoms with Gasteiger partial charge in [0.15, 0.2) is 0 Å². The van der Waals surface area contributed by atoms with Gasteiger partial charge in [0.1, 0.15) is 5.82 Å². The Morgan fingerprint density at radius 2 is 2.17 bits per heavy atom. The van der Waals surface area contributed by atoms with E-state index in [2.05, 4.69) is 20.5 Å². The number of hydrogen-bond donors (Lipinski definition) is 2. The molecule has 0 aliphatic carbocycles. The number of aromatic nitrogens is 1. The van der Waals surface area contributed by atoms with Crippen LogP contribution in [0.25, 0.3) is 0 Å². The van der Waals surface area contributed by atoms with Gasteiger partial charge in [0.25, 0.3) is 0 Å². The van der Waals surface area contributed by atoms with Crippen molar-refractivity contribution in [3.8, 4) is 0 Å². The molecule has 0 bridgehead atoms. The quantitative estimate of drug-likeness (QED) is 0.813. The SMILES string of the molecule is Cl.Cl.O=C(NCc1ccc(N2CCOCC2)nc1)C1CSCN1. The maximum atomic E-state index is 11.9. The van der Waals surface area contributed by atoms with E-state index < -0.39 is 0 Å². The molecule has 1 aromatic heterocycles. The standard InChI is InChI=1S/C14H20N4O2S.2ClH/c19-14(12-9-21-10-17-12)16-8-11-1-2-13(15-7-11)18-3-5-20-6-4-18;;/h1-2,7,12,17H,3-6,8-10H2,(H,16,19);2*1H. The molecule has 23 heavy (non-hydrogen) atoms. The summed E-state index contributed by atoms with van der Waals surface area (Å²) in [6.07, 6.45) is 1.84. The second-order valence-corrected chi connectivity index (χ2v) is 6.14. The van der Waals surface area contributed by atoms with E-state index in [1.165, 1.54) is 0 Å². The highest BCUT2D eigenvalue weighted by Crippen LogP contribution is 2.13. The molecule has 2 aliphatic heterocycles. The highest BCUT2D eigenvalue weighted by Gasteiger charge is 2.21. The lowest BCUT2D eigenvalue weighted by atomic mass is 10.2.